The van der Waals surface area contributed by atoms with E-state index in [4.69, 9.17) is 30.7 Å². The summed E-state index contributed by atoms with van der Waals surface area (Å²) >= 11 is 6.13. The van der Waals surface area contributed by atoms with Crippen molar-refractivity contribution in [2.45, 2.75) is 13.5 Å². The maximum absolute atomic E-state index is 6.13. The maximum Gasteiger partial charge on any atom is 0.227 e. The van der Waals surface area contributed by atoms with E-state index in [9.17, 15) is 0 Å². The summed E-state index contributed by atoms with van der Waals surface area (Å²) in [5.74, 6) is 2.48. The van der Waals surface area contributed by atoms with Crippen molar-refractivity contribution in [3.05, 3.63) is 71.4 Å². The number of aromatic nitrogens is 3. The molecule has 0 aliphatic carbocycles. The Morgan fingerprint density at radius 2 is 2.00 bits per heavy atom. The summed E-state index contributed by atoms with van der Waals surface area (Å²) in [5.41, 5.74) is 2.81. The fraction of sp³-hybridized carbons (Fsp3) is 0.320. The van der Waals surface area contributed by atoms with Crippen LogP contribution in [-0.2, 0) is 11.3 Å². The first-order valence-corrected chi connectivity index (χ1v) is 11.8. The molecule has 4 aromatic rings. The molecule has 8 nitrogen and oxygen atoms in total. The van der Waals surface area contributed by atoms with Gasteiger partial charge in [-0.25, -0.2) is 4.98 Å². The zero-order valence-corrected chi connectivity index (χ0v) is 19.8. The number of benzene rings is 1. The molecule has 0 spiro atoms. The molecule has 0 radical (unpaired) electrons. The topological polar surface area (TPSA) is 79.5 Å². The number of anilines is 3. The number of fused-ring (bicyclic) bond motifs is 1. The van der Waals surface area contributed by atoms with Crippen LogP contribution in [0.1, 0.15) is 11.5 Å². The van der Waals surface area contributed by atoms with Crippen LogP contribution >= 0.6 is 11.6 Å². The number of hydrogen-bond donors (Lipinski definition) is 1. The van der Waals surface area contributed by atoms with E-state index in [1.165, 1.54) is 0 Å². The van der Waals surface area contributed by atoms with Crippen LogP contribution in [0.3, 0.4) is 0 Å². The highest BCUT2D eigenvalue weighted by molar-refractivity contribution is 6.31. The average Bonchev–Trinajstić information content (AvgIpc) is 3.37. The summed E-state index contributed by atoms with van der Waals surface area (Å²) in [5, 5.41) is 5.25. The van der Waals surface area contributed by atoms with Gasteiger partial charge in [-0.2, -0.15) is 4.98 Å². The first kappa shape index (κ1) is 22.4. The summed E-state index contributed by atoms with van der Waals surface area (Å²) in [6.07, 6.45) is 3.48. The molecule has 1 aliphatic rings. The number of pyridine rings is 1. The molecule has 5 rings (SSSR count). The first-order valence-electron chi connectivity index (χ1n) is 11.4. The average molecular weight is 479 g/mol. The van der Waals surface area contributed by atoms with Gasteiger partial charge in [0.25, 0.3) is 0 Å². The third-order valence-electron chi connectivity index (χ3n) is 5.78. The third-order valence-corrected chi connectivity index (χ3v) is 6.01. The standard InChI is InChI=1S/C25H27ClN6O2/c1-18-15-24(31-10-13-33-14-11-31)30-25(29-18)32(17-20-3-2-12-34-20)9-8-28-22-6-7-27-23-16-19(26)4-5-21(22)23/h2-7,12,15-16H,8-11,13-14,17H2,1H3,(H,27,28). The van der Waals surface area contributed by atoms with Crippen LogP contribution in [0.4, 0.5) is 17.5 Å². The van der Waals surface area contributed by atoms with E-state index >= 15 is 0 Å². The quantitative estimate of drug-likeness (QED) is 0.395. The molecule has 0 atom stereocenters. The lowest BCUT2D eigenvalue weighted by Gasteiger charge is -2.29. The second-order valence-electron chi connectivity index (χ2n) is 8.21. The molecule has 9 heteroatoms. The van der Waals surface area contributed by atoms with Gasteiger partial charge in [0.1, 0.15) is 11.6 Å². The number of rotatable bonds is 8. The van der Waals surface area contributed by atoms with E-state index in [1.54, 1.807) is 12.5 Å². The summed E-state index contributed by atoms with van der Waals surface area (Å²) in [6, 6.07) is 13.6. The predicted molar refractivity (Wildman–Crippen MR) is 135 cm³/mol. The highest BCUT2D eigenvalue weighted by Crippen LogP contribution is 2.25. The highest BCUT2D eigenvalue weighted by Gasteiger charge is 2.18. The second-order valence-corrected chi connectivity index (χ2v) is 8.65. The van der Waals surface area contributed by atoms with E-state index in [0.29, 0.717) is 43.8 Å². The van der Waals surface area contributed by atoms with Crippen LogP contribution in [0.25, 0.3) is 10.9 Å². The Bertz CT molecular complexity index is 1240. The van der Waals surface area contributed by atoms with E-state index in [0.717, 1.165) is 47.0 Å². The summed E-state index contributed by atoms with van der Waals surface area (Å²) in [7, 11) is 0. The number of morpholine rings is 1. The minimum Gasteiger partial charge on any atom is -0.467 e. The Balaban J connectivity index is 1.36. The smallest absolute Gasteiger partial charge is 0.227 e. The van der Waals surface area contributed by atoms with Crippen molar-refractivity contribution in [1.82, 2.24) is 15.0 Å². The van der Waals surface area contributed by atoms with Crippen molar-refractivity contribution >= 4 is 40.0 Å². The van der Waals surface area contributed by atoms with E-state index < -0.39 is 0 Å². The monoisotopic (exact) mass is 478 g/mol. The normalized spacial score (nSPS) is 13.9. The molecule has 1 fully saturated rings. The van der Waals surface area contributed by atoms with Gasteiger partial charge in [0.05, 0.1) is 31.5 Å². The molecule has 0 amide bonds. The third kappa shape index (κ3) is 5.24. The number of nitrogens with one attached hydrogen (secondary N) is 1. The van der Waals surface area contributed by atoms with E-state index in [2.05, 4.69) is 20.1 Å². The minimum absolute atomic E-state index is 0.577. The van der Waals surface area contributed by atoms with Gasteiger partial charge in [-0.15, -0.1) is 0 Å². The molecule has 0 bridgehead atoms. The lowest BCUT2D eigenvalue weighted by Crippen LogP contribution is -2.37. The maximum atomic E-state index is 6.13. The number of furan rings is 1. The number of aryl methyl sites for hydroxylation is 1. The predicted octanol–water partition coefficient (Wildman–Crippen LogP) is 4.53. The Hall–Kier alpha value is -3.36. The second kappa shape index (κ2) is 10.3. The molecule has 3 aromatic heterocycles. The fourth-order valence-corrected chi connectivity index (χ4v) is 4.24. The minimum atomic E-state index is 0.577. The van der Waals surface area contributed by atoms with Crippen LogP contribution < -0.4 is 15.1 Å². The van der Waals surface area contributed by atoms with Gasteiger partial charge in [-0.1, -0.05) is 11.6 Å². The van der Waals surface area contributed by atoms with Crippen LogP contribution in [0, 0.1) is 6.92 Å². The Kier molecular flexibility index (Phi) is 6.78. The van der Waals surface area contributed by atoms with Gasteiger partial charge in [-0.05, 0) is 43.3 Å². The van der Waals surface area contributed by atoms with Crippen LogP contribution in [0.15, 0.2) is 59.3 Å². The van der Waals surface area contributed by atoms with Gasteiger partial charge < -0.3 is 24.3 Å². The fourth-order valence-electron chi connectivity index (χ4n) is 4.07. The molecule has 0 saturated carbocycles. The van der Waals surface area contributed by atoms with Crippen molar-refractivity contribution in [3.8, 4) is 0 Å². The zero-order chi connectivity index (χ0) is 23.3. The Labute approximate surface area is 203 Å². The molecule has 176 valence electrons. The molecule has 1 N–H and O–H groups in total. The number of hydrogen-bond acceptors (Lipinski definition) is 8. The molecule has 1 saturated heterocycles. The summed E-state index contributed by atoms with van der Waals surface area (Å²) in [4.78, 5) is 18.5. The van der Waals surface area contributed by atoms with Gasteiger partial charge in [-0.3, -0.25) is 4.98 Å². The zero-order valence-electron chi connectivity index (χ0n) is 19.1. The number of nitrogens with zero attached hydrogens (tertiary/aromatic N) is 5. The van der Waals surface area contributed by atoms with Crippen molar-refractivity contribution < 1.29 is 9.15 Å². The van der Waals surface area contributed by atoms with E-state index in [1.807, 2.05) is 49.4 Å². The summed E-state index contributed by atoms with van der Waals surface area (Å²) < 4.78 is 11.1. The van der Waals surface area contributed by atoms with Crippen molar-refractivity contribution in [2.75, 3.05) is 54.5 Å². The van der Waals surface area contributed by atoms with Gasteiger partial charge in [0.2, 0.25) is 5.95 Å². The van der Waals surface area contributed by atoms with Gasteiger partial charge in [0, 0.05) is 60.2 Å². The lowest BCUT2D eigenvalue weighted by atomic mass is 10.2. The van der Waals surface area contributed by atoms with Crippen molar-refractivity contribution in [2.24, 2.45) is 0 Å². The molecule has 1 aliphatic heterocycles. The lowest BCUT2D eigenvalue weighted by molar-refractivity contribution is 0.122. The molecular weight excluding hydrogens is 452 g/mol. The molecule has 1 aromatic carbocycles. The number of ether oxygens (including phenoxy) is 1. The molecular formula is C25H27ClN6O2. The van der Waals surface area contributed by atoms with E-state index in [-0.39, 0.29) is 0 Å². The highest BCUT2D eigenvalue weighted by atomic mass is 35.5. The SMILES string of the molecule is Cc1cc(N2CCOCC2)nc(N(CCNc2ccnc3cc(Cl)ccc23)Cc2ccco2)n1. The van der Waals surface area contributed by atoms with Crippen LogP contribution in [0.5, 0.6) is 0 Å². The Morgan fingerprint density at radius 3 is 2.82 bits per heavy atom. The van der Waals surface area contributed by atoms with Crippen LogP contribution in [0.2, 0.25) is 5.02 Å². The van der Waals surface area contributed by atoms with Crippen molar-refractivity contribution in [3.63, 3.8) is 0 Å². The van der Waals surface area contributed by atoms with Gasteiger partial charge >= 0.3 is 0 Å². The number of halogens is 1. The Morgan fingerprint density at radius 1 is 1.12 bits per heavy atom. The largest absolute Gasteiger partial charge is 0.467 e. The molecule has 34 heavy (non-hydrogen) atoms. The molecule has 0 unspecified atom stereocenters. The summed E-state index contributed by atoms with van der Waals surface area (Å²) in [6.45, 7) is 7.04. The van der Waals surface area contributed by atoms with Crippen LogP contribution in [-0.4, -0.2) is 54.3 Å². The van der Waals surface area contributed by atoms with Gasteiger partial charge in [0.15, 0.2) is 0 Å². The first-order chi connectivity index (χ1) is 16.7. The molecule has 4 heterocycles. The van der Waals surface area contributed by atoms with Crippen molar-refractivity contribution in [1.29, 1.82) is 0 Å².